The Morgan fingerprint density at radius 3 is 2.33 bits per heavy atom. The van der Waals surface area contributed by atoms with Crippen LogP contribution in [0.15, 0.2) is 24.3 Å². The Balaban J connectivity index is 2.56. The van der Waals surface area contributed by atoms with Gasteiger partial charge < -0.3 is 15.2 Å². The average Bonchev–Trinajstić information content (AvgIpc) is 2.36. The number of hydrogen-bond donors (Lipinski definition) is 2. The van der Waals surface area contributed by atoms with Crippen LogP contribution in [-0.4, -0.2) is 29.9 Å². The first-order chi connectivity index (χ1) is 8.49. The quantitative estimate of drug-likeness (QED) is 0.782. The van der Waals surface area contributed by atoms with E-state index in [0.717, 1.165) is 12.2 Å². The minimum Gasteiger partial charge on any atom is -0.492 e. The summed E-state index contributed by atoms with van der Waals surface area (Å²) in [5, 5.41) is 12.8. The highest BCUT2D eigenvalue weighted by Gasteiger charge is 2.24. The van der Waals surface area contributed by atoms with Crippen LogP contribution in [0.3, 0.4) is 0 Å². The second-order valence-electron chi connectivity index (χ2n) is 5.30. The largest absolute Gasteiger partial charge is 0.492 e. The summed E-state index contributed by atoms with van der Waals surface area (Å²) < 4.78 is 5.74. The summed E-state index contributed by atoms with van der Waals surface area (Å²) in [5.74, 6) is 0.845. The van der Waals surface area contributed by atoms with Gasteiger partial charge in [0.2, 0.25) is 0 Å². The van der Waals surface area contributed by atoms with Gasteiger partial charge in [-0.05, 0) is 31.0 Å². The highest BCUT2D eigenvalue weighted by atomic mass is 16.5. The van der Waals surface area contributed by atoms with Crippen molar-refractivity contribution >= 4 is 0 Å². The van der Waals surface area contributed by atoms with Crippen LogP contribution in [-0.2, 0) is 6.42 Å². The van der Waals surface area contributed by atoms with Crippen molar-refractivity contribution in [3.05, 3.63) is 29.8 Å². The zero-order valence-electron chi connectivity index (χ0n) is 11.9. The molecule has 0 aliphatic heterocycles. The van der Waals surface area contributed by atoms with Gasteiger partial charge in [-0.15, -0.1) is 0 Å². The van der Waals surface area contributed by atoms with E-state index in [0.29, 0.717) is 12.6 Å². The van der Waals surface area contributed by atoms with Gasteiger partial charge in [0.15, 0.2) is 0 Å². The maximum Gasteiger partial charge on any atom is 0.119 e. The molecule has 102 valence electrons. The first kappa shape index (κ1) is 15.0. The van der Waals surface area contributed by atoms with E-state index < -0.39 is 5.54 Å². The number of aryl methyl sites for hydroxylation is 1. The molecule has 1 unspecified atom stereocenters. The molecule has 1 rings (SSSR count). The van der Waals surface area contributed by atoms with Gasteiger partial charge in [0.05, 0.1) is 12.1 Å². The van der Waals surface area contributed by atoms with E-state index in [1.807, 2.05) is 19.1 Å². The number of nitrogens with one attached hydrogen (secondary N) is 1. The Morgan fingerprint density at radius 1 is 1.28 bits per heavy atom. The number of benzene rings is 1. The molecule has 3 nitrogen and oxygen atoms in total. The van der Waals surface area contributed by atoms with Gasteiger partial charge in [-0.25, -0.2) is 0 Å². The van der Waals surface area contributed by atoms with Gasteiger partial charge in [0.25, 0.3) is 0 Å². The molecule has 0 bridgehead atoms. The minimum atomic E-state index is -0.405. The van der Waals surface area contributed by atoms with Gasteiger partial charge in [0, 0.05) is 6.04 Å². The molecule has 18 heavy (non-hydrogen) atoms. The molecule has 0 amide bonds. The molecule has 0 aromatic heterocycles. The Morgan fingerprint density at radius 2 is 1.89 bits per heavy atom. The molecule has 0 saturated heterocycles. The lowest BCUT2D eigenvalue weighted by molar-refractivity contribution is 0.109. The average molecular weight is 251 g/mol. The number of ether oxygens (including phenoxy) is 1. The monoisotopic (exact) mass is 251 g/mol. The van der Waals surface area contributed by atoms with Crippen LogP contribution in [0.1, 0.15) is 33.3 Å². The molecular weight excluding hydrogens is 226 g/mol. The predicted molar refractivity (Wildman–Crippen MR) is 75.1 cm³/mol. The van der Waals surface area contributed by atoms with Crippen molar-refractivity contribution in [2.75, 3.05) is 13.2 Å². The fourth-order valence-electron chi connectivity index (χ4n) is 1.89. The summed E-state index contributed by atoms with van der Waals surface area (Å²) in [6.07, 6.45) is 1.03. The molecule has 0 fully saturated rings. The van der Waals surface area contributed by atoms with Crippen molar-refractivity contribution in [3.8, 4) is 5.75 Å². The zero-order valence-corrected chi connectivity index (χ0v) is 11.9. The fourth-order valence-corrected chi connectivity index (χ4v) is 1.89. The number of aliphatic hydroxyl groups excluding tert-OH is 1. The number of rotatable bonds is 7. The van der Waals surface area contributed by atoms with Crippen LogP contribution in [0.4, 0.5) is 0 Å². The smallest absolute Gasteiger partial charge is 0.119 e. The molecule has 2 N–H and O–H groups in total. The molecule has 0 aliphatic carbocycles. The molecule has 1 aromatic rings. The summed E-state index contributed by atoms with van der Waals surface area (Å²) in [4.78, 5) is 0. The van der Waals surface area contributed by atoms with E-state index in [2.05, 4.69) is 38.2 Å². The normalized spacial score (nSPS) is 14.6. The van der Waals surface area contributed by atoms with Crippen molar-refractivity contribution in [1.82, 2.24) is 5.32 Å². The maximum absolute atomic E-state index is 9.45. The summed E-state index contributed by atoms with van der Waals surface area (Å²) in [5.41, 5.74) is 0.894. The van der Waals surface area contributed by atoms with Crippen LogP contribution in [0.25, 0.3) is 0 Å². The molecule has 0 aliphatic rings. The Bertz CT molecular complexity index is 348. The Labute approximate surface area is 110 Å². The van der Waals surface area contributed by atoms with E-state index >= 15 is 0 Å². The topological polar surface area (TPSA) is 41.5 Å². The van der Waals surface area contributed by atoms with Crippen LogP contribution < -0.4 is 10.1 Å². The second-order valence-corrected chi connectivity index (χ2v) is 5.30. The summed E-state index contributed by atoms with van der Waals surface area (Å²) in [6, 6.07) is 8.41. The van der Waals surface area contributed by atoms with Crippen molar-refractivity contribution in [3.63, 3.8) is 0 Å². The Kier molecular flexibility index (Phi) is 5.63. The molecule has 0 spiro atoms. The van der Waals surface area contributed by atoms with Gasteiger partial charge in [-0.1, -0.05) is 32.9 Å². The number of hydrogen-bond acceptors (Lipinski definition) is 3. The molecule has 1 aromatic carbocycles. The van der Waals surface area contributed by atoms with Crippen LogP contribution >= 0.6 is 0 Å². The Hall–Kier alpha value is -1.06. The van der Waals surface area contributed by atoms with Crippen molar-refractivity contribution in [1.29, 1.82) is 0 Å². The molecule has 0 heterocycles. The highest BCUT2D eigenvalue weighted by molar-refractivity contribution is 5.27. The van der Waals surface area contributed by atoms with E-state index in [-0.39, 0.29) is 6.61 Å². The maximum atomic E-state index is 9.45. The third kappa shape index (κ3) is 4.67. The number of aliphatic hydroxyl groups is 1. The standard InChI is InChI=1S/C15H25NO2/c1-5-13-6-8-14(9-7-13)18-11-15(4,10-17)16-12(2)3/h6-9,12,16-17H,5,10-11H2,1-4H3. The van der Waals surface area contributed by atoms with E-state index in [1.54, 1.807) is 0 Å². The third-order valence-corrected chi connectivity index (χ3v) is 2.88. The van der Waals surface area contributed by atoms with Crippen molar-refractivity contribution in [2.24, 2.45) is 0 Å². The summed E-state index contributed by atoms with van der Waals surface area (Å²) in [7, 11) is 0. The fraction of sp³-hybridized carbons (Fsp3) is 0.600. The van der Waals surface area contributed by atoms with E-state index in [4.69, 9.17) is 4.74 Å². The second kappa shape index (κ2) is 6.76. The van der Waals surface area contributed by atoms with Gasteiger partial charge in [-0.3, -0.25) is 0 Å². The lowest BCUT2D eigenvalue weighted by Crippen LogP contribution is -2.53. The predicted octanol–water partition coefficient (Wildman–Crippen LogP) is 2.38. The van der Waals surface area contributed by atoms with Crippen LogP contribution in [0.5, 0.6) is 5.75 Å². The SMILES string of the molecule is CCc1ccc(OCC(C)(CO)NC(C)C)cc1. The van der Waals surface area contributed by atoms with E-state index in [1.165, 1.54) is 5.56 Å². The first-order valence-electron chi connectivity index (χ1n) is 6.59. The molecule has 0 saturated carbocycles. The van der Waals surface area contributed by atoms with Crippen molar-refractivity contribution in [2.45, 2.75) is 45.7 Å². The van der Waals surface area contributed by atoms with Crippen LogP contribution in [0, 0.1) is 0 Å². The summed E-state index contributed by atoms with van der Waals surface area (Å²) >= 11 is 0. The lowest BCUT2D eigenvalue weighted by Gasteiger charge is -2.30. The molecule has 0 radical (unpaired) electrons. The lowest BCUT2D eigenvalue weighted by atomic mass is 10.0. The third-order valence-electron chi connectivity index (χ3n) is 2.88. The van der Waals surface area contributed by atoms with Crippen molar-refractivity contribution < 1.29 is 9.84 Å². The highest BCUT2D eigenvalue weighted by Crippen LogP contribution is 2.15. The first-order valence-corrected chi connectivity index (χ1v) is 6.59. The molecule has 1 atom stereocenters. The molecule has 3 heteroatoms. The van der Waals surface area contributed by atoms with Crippen LogP contribution in [0.2, 0.25) is 0 Å². The van der Waals surface area contributed by atoms with Gasteiger partial charge in [0.1, 0.15) is 12.4 Å². The van der Waals surface area contributed by atoms with E-state index in [9.17, 15) is 5.11 Å². The minimum absolute atomic E-state index is 0.0538. The van der Waals surface area contributed by atoms with Gasteiger partial charge >= 0.3 is 0 Å². The zero-order chi connectivity index (χ0) is 13.6. The molecular formula is C15H25NO2. The van der Waals surface area contributed by atoms with Gasteiger partial charge in [-0.2, -0.15) is 0 Å². The summed E-state index contributed by atoms with van der Waals surface area (Å²) in [6.45, 7) is 8.72.